The largest absolute Gasteiger partial charge is 0.481 e. The first-order valence-corrected chi connectivity index (χ1v) is 6.56. The Balaban J connectivity index is 2.19. The molecule has 0 fully saturated rings. The first-order valence-electron chi connectivity index (χ1n) is 5.68. The number of aliphatic carboxylic acids is 1. The Labute approximate surface area is 116 Å². The van der Waals surface area contributed by atoms with Gasteiger partial charge in [0.1, 0.15) is 0 Å². The first kappa shape index (κ1) is 14.7. The molecule has 1 atom stereocenters. The molecule has 1 aromatic carbocycles. The lowest BCUT2D eigenvalue weighted by molar-refractivity contribution is -0.138. The number of hydrogen-bond donors (Lipinski definition) is 2. The van der Waals surface area contributed by atoms with Gasteiger partial charge in [-0.15, -0.1) is 11.8 Å². The molecule has 1 aromatic rings. The summed E-state index contributed by atoms with van der Waals surface area (Å²) in [5, 5.41) is 10.4. The number of fused-ring (bicyclic) bond motifs is 1. The van der Waals surface area contributed by atoms with E-state index in [2.05, 4.69) is 5.32 Å². The quantitative estimate of drug-likeness (QED) is 0.901. The minimum atomic E-state index is -4.47. The lowest BCUT2D eigenvalue weighted by Gasteiger charge is -2.24. The van der Waals surface area contributed by atoms with Crippen molar-refractivity contribution in [2.75, 3.05) is 5.32 Å². The van der Waals surface area contributed by atoms with E-state index in [0.29, 0.717) is 4.90 Å². The summed E-state index contributed by atoms with van der Waals surface area (Å²) in [4.78, 5) is 22.7. The van der Waals surface area contributed by atoms with Crippen LogP contribution in [0.2, 0.25) is 0 Å². The van der Waals surface area contributed by atoms with Crippen LogP contribution >= 0.6 is 11.8 Å². The van der Waals surface area contributed by atoms with Crippen LogP contribution in [-0.2, 0) is 15.8 Å². The zero-order valence-electron chi connectivity index (χ0n) is 10.0. The van der Waals surface area contributed by atoms with Gasteiger partial charge in [0.15, 0.2) is 0 Å². The van der Waals surface area contributed by atoms with Crippen LogP contribution in [0.5, 0.6) is 0 Å². The van der Waals surface area contributed by atoms with Crippen molar-refractivity contribution in [1.29, 1.82) is 0 Å². The maximum absolute atomic E-state index is 12.6. The number of rotatable bonds is 3. The van der Waals surface area contributed by atoms with Gasteiger partial charge in [-0.2, -0.15) is 13.2 Å². The second-order valence-electron chi connectivity index (χ2n) is 4.24. The van der Waals surface area contributed by atoms with Crippen molar-refractivity contribution in [3.05, 3.63) is 23.8 Å². The predicted octanol–water partition coefficient (Wildman–Crippen LogP) is 2.98. The van der Waals surface area contributed by atoms with Crippen molar-refractivity contribution in [2.24, 2.45) is 0 Å². The third kappa shape index (κ3) is 3.24. The minimum Gasteiger partial charge on any atom is -0.481 e. The Morgan fingerprint density at radius 2 is 2.10 bits per heavy atom. The molecule has 0 saturated carbocycles. The fourth-order valence-corrected chi connectivity index (χ4v) is 2.86. The maximum atomic E-state index is 12.6. The third-order valence-corrected chi connectivity index (χ3v) is 4.09. The van der Waals surface area contributed by atoms with Gasteiger partial charge in [0, 0.05) is 11.3 Å². The molecule has 0 unspecified atom stereocenters. The third-order valence-electron chi connectivity index (χ3n) is 2.75. The molecular weight excluding hydrogens is 295 g/mol. The first-order chi connectivity index (χ1) is 9.27. The van der Waals surface area contributed by atoms with Gasteiger partial charge >= 0.3 is 12.1 Å². The summed E-state index contributed by atoms with van der Waals surface area (Å²) in [6, 6.07) is 3.11. The summed E-state index contributed by atoms with van der Waals surface area (Å²) in [5.74, 6) is -1.49. The zero-order chi connectivity index (χ0) is 14.9. The highest BCUT2D eigenvalue weighted by atomic mass is 32.2. The Kier molecular flexibility index (Phi) is 3.94. The Hall–Kier alpha value is -1.70. The molecule has 1 aliphatic rings. The number of amides is 1. The van der Waals surface area contributed by atoms with E-state index in [1.807, 2.05) is 0 Å². The molecule has 2 N–H and O–H groups in total. The van der Waals surface area contributed by atoms with Crippen LogP contribution in [0.3, 0.4) is 0 Å². The van der Waals surface area contributed by atoms with Crippen molar-refractivity contribution in [2.45, 2.75) is 29.2 Å². The number of carbonyl (C=O) groups excluding carboxylic acids is 1. The highest BCUT2D eigenvalue weighted by Crippen LogP contribution is 2.40. The van der Waals surface area contributed by atoms with Crippen molar-refractivity contribution in [3.63, 3.8) is 0 Å². The number of benzene rings is 1. The summed E-state index contributed by atoms with van der Waals surface area (Å²) in [7, 11) is 0. The lowest BCUT2D eigenvalue weighted by atomic mass is 10.1. The molecule has 0 spiro atoms. The fourth-order valence-electron chi connectivity index (χ4n) is 1.77. The van der Waals surface area contributed by atoms with E-state index >= 15 is 0 Å². The monoisotopic (exact) mass is 305 g/mol. The number of carboxylic acids is 1. The van der Waals surface area contributed by atoms with Gasteiger partial charge in [-0.05, 0) is 24.6 Å². The van der Waals surface area contributed by atoms with Crippen molar-refractivity contribution < 1.29 is 27.9 Å². The molecule has 20 heavy (non-hydrogen) atoms. The van der Waals surface area contributed by atoms with Crippen LogP contribution in [0.25, 0.3) is 0 Å². The SMILES string of the molecule is O=C(O)CC[C@@H]1Sc2ccc(C(F)(F)F)cc2NC1=O. The molecule has 0 saturated heterocycles. The van der Waals surface area contributed by atoms with Crippen molar-refractivity contribution in [3.8, 4) is 0 Å². The summed E-state index contributed by atoms with van der Waals surface area (Å²) in [5.41, 5.74) is -0.720. The smallest absolute Gasteiger partial charge is 0.416 e. The summed E-state index contributed by atoms with van der Waals surface area (Å²) in [6.07, 6.45) is -4.50. The molecule has 4 nitrogen and oxygen atoms in total. The number of carboxylic acid groups (broad SMARTS) is 1. The number of carbonyl (C=O) groups is 2. The van der Waals surface area contributed by atoms with Crippen molar-refractivity contribution in [1.82, 2.24) is 0 Å². The number of hydrogen-bond acceptors (Lipinski definition) is 3. The van der Waals surface area contributed by atoms with Gasteiger partial charge in [0.2, 0.25) is 5.91 Å². The van der Waals surface area contributed by atoms with Crippen LogP contribution in [0.1, 0.15) is 18.4 Å². The predicted molar refractivity (Wildman–Crippen MR) is 66.6 cm³/mol. The molecule has 2 rings (SSSR count). The van der Waals surface area contributed by atoms with Gasteiger partial charge in [-0.3, -0.25) is 9.59 Å². The molecule has 0 radical (unpaired) electrons. The average molecular weight is 305 g/mol. The number of nitrogens with one attached hydrogen (secondary N) is 1. The Morgan fingerprint density at radius 1 is 1.40 bits per heavy atom. The Morgan fingerprint density at radius 3 is 2.70 bits per heavy atom. The lowest BCUT2D eigenvalue weighted by Crippen LogP contribution is -2.29. The molecule has 8 heteroatoms. The summed E-state index contributed by atoms with van der Waals surface area (Å²) < 4.78 is 37.7. The molecule has 1 heterocycles. The van der Waals surface area contributed by atoms with Gasteiger partial charge in [0.05, 0.1) is 16.5 Å². The van der Waals surface area contributed by atoms with Crippen LogP contribution in [0, 0.1) is 0 Å². The maximum Gasteiger partial charge on any atom is 0.416 e. The number of thioether (sulfide) groups is 1. The number of halogens is 3. The van der Waals surface area contributed by atoms with E-state index in [0.717, 1.165) is 23.9 Å². The molecule has 0 bridgehead atoms. The van der Waals surface area contributed by atoms with E-state index in [1.54, 1.807) is 0 Å². The van der Waals surface area contributed by atoms with E-state index in [1.165, 1.54) is 6.07 Å². The average Bonchev–Trinajstić information content (AvgIpc) is 2.34. The molecule has 108 valence electrons. The minimum absolute atomic E-state index is 0.112. The highest BCUT2D eigenvalue weighted by molar-refractivity contribution is 8.01. The molecule has 1 amide bonds. The van der Waals surface area contributed by atoms with Crippen molar-refractivity contribution >= 4 is 29.3 Å². The number of alkyl halides is 3. The molecule has 0 aromatic heterocycles. The van der Waals surface area contributed by atoms with E-state index in [4.69, 9.17) is 5.11 Å². The zero-order valence-corrected chi connectivity index (χ0v) is 10.8. The van der Waals surface area contributed by atoms with Crippen LogP contribution in [0.15, 0.2) is 23.1 Å². The Bertz CT molecular complexity index is 559. The van der Waals surface area contributed by atoms with E-state index < -0.39 is 28.9 Å². The molecule has 1 aliphatic heterocycles. The number of anilines is 1. The molecular formula is C12H10F3NO3S. The molecule has 0 aliphatic carbocycles. The van der Waals surface area contributed by atoms with Gasteiger partial charge in [-0.1, -0.05) is 0 Å². The summed E-state index contributed by atoms with van der Waals surface area (Å²) in [6.45, 7) is 0. The topological polar surface area (TPSA) is 66.4 Å². The van der Waals surface area contributed by atoms with Gasteiger partial charge in [-0.25, -0.2) is 0 Å². The standard InChI is InChI=1S/C12H10F3NO3S/c13-12(14,15)6-1-2-8-7(5-6)16-11(19)9(20-8)3-4-10(17)18/h1-2,5,9H,3-4H2,(H,16,19)(H,17,18)/t9-/m0/s1. The van der Waals surface area contributed by atoms with Crippen LogP contribution < -0.4 is 5.32 Å². The van der Waals surface area contributed by atoms with E-state index in [-0.39, 0.29) is 18.5 Å². The van der Waals surface area contributed by atoms with Gasteiger partial charge < -0.3 is 10.4 Å². The highest BCUT2D eigenvalue weighted by Gasteiger charge is 2.33. The van der Waals surface area contributed by atoms with Gasteiger partial charge in [0.25, 0.3) is 0 Å². The van der Waals surface area contributed by atoms with Crippen LogP contribution in [0.4, 0.5) is 18.9 Å². The summed E-state index contributed by atoms with van der Waals surface area (Å²) >= 11 is 1.08. The fraction of sp³-hybridized carbons (Fsp3) is 0.333. The van der Waals surface area contributed by atoms with Crippen LogP contribution in [-0.4, -0.2) is 22.2 Å². The normalized spacial score (nSPS) is 18.4. The van der Waals surface area contributed by atoms with E-state index in [9.17, 15) is 22.8 Å². The second kappa shape index (κ2) is 5.35. The second-order valence-corrected chi connectivity index (χ2v) is 5.48.